The third kappa shape index (κ3) is 2.62. The molecule has 4 nitrogen and oxygen atoms in total. The van der Waals surface area contributed by atoms with Crippen molar-refractivity contribution in [3.05, 3.63) is 36.2 Å². The molecule has 0 amide bonds. The number of methoxy groups -OCH3 is 3. The van der Waals surface area contributed by atoms with E-state index in [2.05, 4.69) is 4.98 Å². The Balaban J connectivity index is 2.59. The standard InChI is InChI=1S/C15H17NO3/c1-10-7-11(5-6-16-10)12-8-13(17-2)15(19-4)14(9-12)18-3/h5-9H,1-4H3. The van der Waals surface area contributed by atoms with Gasteiger partial charge in [0.1, 0.15) is 0 Å². The van der Waals surface area contributed by atoms with Crippen LogP contribution in [0, 0.1) is 6.92 Å². The van der Waals surface area contributed by atoms with Gasteiger partial charge in [-0.2, -0.15) is 0 Å². The maximum atomic E-state index is 5.35. The van der Waals surface area contributed by atoms with Gasteiger partial charge in [-0.3, -0.25) is 4.98 Å². The lowest BCUT2D eigenvalue weighted by atomic mass is 10.0. The van der Waals surface area contributed by atoms with Crippen molar-refractivity contribution in [1.29, 1.82) is 0 Å². The largest absolute Gasteiger partial charge is 0.493 e. The molecule has 19 heavy (non-hydrogen) atoms. The van der Waals surface area contributed by atoms with Crippen LogP contribution < -0.4 is 14.2 Å². The number of rotatable bonds is 4. The molecule has 0 unspecified atom stereocenters. The summed E-state index contributed by atoms with van der Waals surface area (Å²) in [5.41, 5.74) is 3.03. The molecular formula is C15H17NO3. The van der Waals surface area contributed by atoms with Crippen LogP contribution in [0.3, 0.4) is 0 Å². The van der Waals surface area contributed by atoms with Crippen LogP contribution in [0.1, 0.15) is 5.69 Å². The number of aryl methyl sites for hydroxylation is 1. The van der Waals surface area contributed by atoms with E-state index in [1.807, 2.05) is 31.2 Å². The van der Waals surface area contributed by atoms with E-state index in [0.29, 0.717) is 17.2 Å². The normalized spacial score (nSPS) is 10.1. The zero-order valence-corrected chi connectivity index (χ0v) is 11.6. The van der Waals surface area contributed by atoms with E-state index in [0.717, 1.165) is 16.8 Å². The van der Waals surface area contributed by atoms with E-state index >= 15 is 0 Å². The van der Waals surface area contributed by atoms with Gasteiger partial charge in [0, 0.05) is 11.9 Å². The summed E-state index contributed by atoms with van der Waals surface area (Å²) in [6, 6.07) is 7.82. The number of benzene rings is 1. The molecule has 0 aliphatic rings. The highest BCUT2D eigenvalue weighted by molar-refractivity contribution is 5.71. The lowest BCUT2D eigenvalue weighted by Gasteiger charge is -2.14. The van der Waals surface area contributed by atoms with Crippen LogP contribution in [0.4, 0.5) is 0 Å². The molecule has 2 aromatic rings. The number of hydrogen-bond acceptors (Lipinski definition) is 4. The number of ether oxygens (including phenoxy) is 3. The molecule has 2 rings (SSSR count). The fraction of sp³-hybridized carbons (Fsp3) is 0.267. The first-order chi connectivity index (χ1) is 9.19. The van der Waals surface area contributed by atoms with Crippen LogP contribution >= 0.6 is 0 Å². The summed E-state index contributed by atoms with van der Waals surface area (Å²) >= 11 is 0. The van der Waals surface area contributed by atoms with E-state index < -0.39 is 0 Å². The number of hydrogen-bond donors (Lipinski definition) is 0. The molecule has 1 aromatic carbocycles. The second kappa shape index (κ2) is 5.61. The van der Waals surface area contributed by atoms with Crippen LogP contribution in [-0.2, 0) is 0 Å². The van der Waals surface area contributed by atoms with Gasteiger partial charge in [-0.1, -0.05) is 0 Å². The summed E-state index contributed by atoms with van der Waals surface area (Å²) in [4.78, 5) is 4.20. The number of nitrogens with zero attached hydrogens (tertiary/aromatic N) is 1. The van der Waals surface area contributed by atoms with Crippen molar-refractivity contribution in [2.24, 2.45) is 0 Å². The molecular weight excluding hydrogens is 242 g/mol. The summed E-state index contributed by atoms with van der Waals surface area (Å²) in [7, 11) is 4.81. The van der Waals surface area contributed by atoms with E-state index in [-0.39, 0.29) is 0 Å². The van der Waals surface area contributed by atoms with Gasteiger partial charge in [0.2, 0.25) is 5.75 Å². The minimum Gasteiger partial charge on any atom is -0.493 e. The first kappa shape index (κ1) is 13.2. The Morgan fingerprint density at radius 2 is 1.47 bits per heavy atom. The molecule has 0 spiro atoms. The predicted octanol–water partition coefficient (Wildman–Crippen LogP) is 3.08. The maximum Gasteiger partial charge on any atom is 0.203 e. The van der Waals surface area contributed by atoms with Gasteiger partial charge in [0.15, 0.2) is 11.5 Å². The Morgan fingerprint density at radius 1 is 0.842 bits per heavy atom. The van der Waals surface area contributed by atoms with E-state index in [4.69, 9.17) is 14.2 Å². The van der Waals surface area contributed by atoms with Crippen LogP contribution in [0.5, 0.6) is 17.2 Å². The van der Waals surface area contributed by atoms with Gasteiger partial charge in [-0.15, -0.1) is 0 Å². The van der Waals surface area contributed by atoms with Crippen LogP contribution in [-0.4, -0.2) is 26.3 Å². The van der Waals surface area contributed by atoms with Crippen molar-refractivity contribution in [2.75, 3.05) is 21.3 Å². The van der Waals surface area contributed by atoms with Gasteiger partial charge < -0.3 is 14.2 Å². The second-order valence-electron chi connectivity index (χ2n) is 4.10. The van der Waals surface area contributed by atoms with Gasteiger partial charge >= 0.3 is 0 Å². The number of pyridine rings is 1. The van der Waals surface area contributed by atoms with Crippen molar-refractivity contribution in [3.63, 3.8) is 0 Å². The molecule has 0 atom stereocenters. The second-order valence-corrected chi connectivity index (χ2v) is 4.10. The third-order valence-electron chi connectivity index (χ3n) is 2.89. The molecule has 100 valence electrons. The van der Waals surface area contributed by atoms with Crippen molar-refractivity contribution in [1.82, 2.24) is 4.98 Å². The summed E-state index contributed by atoms with van der Waals surface area (Å²) in [6.45, 7) is 1.96. The smallest absolute Gasteiger partial charge is 0.203 e. The minimum absolute atomic E-state index is 0.597. The molecule has 0 aliphatic heterocycles. The van der Waals surface area contributed by atoms with E-state index in [1.54, 1.807) is 27.5 Å². The molecule has 0 saturated heterocycles. The van der Waals surface area contributed by atoms with Crippen molar-refractivity contribution in [3.8, 4) is 28.4 Å². The summed E-state index contributed by atoms with van der Waals surface area (Å²) in [6.07, 6.45) is 1.79. The Morgan fingerprint density at radius 3 is 1.95 bits per heavy atom. The summed E-state index contributed by atoms with van der Waals surface area (Å²) in [5, 5.41) is 0. The van der Waals surface area contributed by atoms with Crippen LogP contribution in [0.2, 0.25) is 0 Å². The highest BCUT2D eigenvalue weighted by atomic mass is 16.5. The zero-order chi connectivity index (χ0) is 13.8. The Bertz CT molecular complexity index is 556. The zero-order valence-electron chi connectivity index (χ0n) is 11.6. The first-order valence-corrected chi connectivity index (χ1v) is 5.92. The maximum absolute atomic E-state index is 5.35. The highest BCUT2D eigenvalue weighted by Gasteiger charge is 2.14. The van der Waals surface area contributed by atoms with Crippen LogP contribution in [0.25, 0.3) is 11.1 Å². The van der Waals surface area contributed by atoms with Crippen molar-refractivity contribution in [2.45, 2.75) is 6.92 Å². The highest BCUT2D eigenvalue weighted by Crippen LogP contribution is 2.41. The molecule has 0 saturated carbocycles. The first-order valence-electron chi connectivity index (χ1n) is 5.92. The fourth-order valence-corrected chi connectivity index (χ4v) is 1.97. The lowest BCUT2D eigenvalue weighted by molar-refractivity contribution is 0.324. The third-order valence-corrected chi connectivity index (χ3v) is 2.89. The van der Waals surface area contributed by atoms with Crippen molar-refractivity contribution < 1.29 is 14.2 Å². The Kier molecular flexibility index (Phi) is 3.90. The molecule has 4 heteroatoms. The van der Waals surface area contributed by atoms with E-state index in [1.165, 1.54) is 0 Å². The molecule has 0 N–H and O–H groups in total. The Hall–Kier alpha value is -2.23. The topological polar surface area (TPSA) is 40.6 Å². The predicted molar refractivity (Wildman–Crippen MR) is 74.1 cm³/mol. The monoisotopic (exact) mass is 259 g/mol. The van der Waals surface area contributed by atoms with Gasteiger partial charge in [-0.05, 0) is 42.3 Å². The number of aromatic nitrogens is 1. The average Bonchev–Trinajstić information content (AvgIpc) is 2.45. The van der Waals surface area contributed by atoms with Gasteiger partial charge in [0.05, 0.1) is 21.3 Å². The van der Waals surface area contributed by atoms with E-state index in [9.17, 15) is 0 Å². The minimum atomic E-state index is 0.597. The lowest BCUT2D eigenvalue weighted by Crippen LogP contribution is -1.95. The van der Waals surface area contributed by atoms with Crippen LogP contribution in [0.15, 0.2) is 30.5 Å². The molecule has 1 heterocycles. The van der Waals surface area contributed by atoms with Crippen molar-refractivity contribution >= 4 is 0 Å². The van der Waals surface area contributed by atoms with Gasteiger partial charge in [-0.25, -0.2) is 0 Å². The molecule has 0 bridgehead atoms. The Labute approximate surface area is 113 Å². The molecule has 1 aromatic heterocycles. The SMILES string of the molecule is COc1cc(-c2ccnc(C)c2)cc(OC)c1OC. The fourth-order valence-electron chi connectivity index (χ4n) is 1.97. The molecule has 0 aliphatic carbocycles. The quantitative estimate of drug-likeness (QED) is 0.846. The molecule has 0 radical (unpaired) electrons. The van der Waals surface area contributed by atoms with Gasteiger partial charge in [0.25, 0.3) is 0 Å². The summed E-state index contributed by atoms with van der Waals surface area (Å²) < 4.78 is 16.0. The molecule has 0 fully saturated rings. The summed E-state index contributed by atoms with van der Waals surface area (Å²) in [5.74, 6) is 1.89. The average molecular weight is 259 g/mol.